The number of alkyl halides is 1. The molecule has 0 bridgehead atoms. The first-order valence-corrected chi connectivity index (χ1v) is 7.39. The molecule has 1 aromatic carbocycles. The van der Waals surface area contributed by atoms with Gasteiger partial charge in [-0.1, -0.05) is 19.9 Å². The lowest BCUT2D eigenvalue weighted by atomic mass is 10.2. The minimum Gasteiger partial charge on any atom is -0.497 e. The van der Waals surface area contributed by atoms with Crippen molar-refractivity contribution in [2.75, 3.05) is 7.11 Å². The molecule has 0 amide bonds. The summed E-state index contributed by atoms with van der Waals surface area (Å²) in [6.07, 6.45) is 1.55. The van der Waals surface area contributed by atoms with Crippen LogP contribution in [0, 0.1) is 5.92 Å². The van der Waals surface area contributed by atoms with Gasteiger partial charge in [0.1, 0.15) is 24.4 Å². The molecule has 2 aromatic rings. The fraction of sp³-hybridized carbons (Fsp3) is 0.467. The van der Waals surface area contributed by atoms with Crippen molar-refractivity contribution in [2.45, 2.75) is 32.9 Å². The Morgan fingerprint density at radius 1 is 1.33 bits per heavy atom. The Balaban J connectivity index is 2.11. The highest BCUT2D eigenvalue weighted by atomic mass is 35.5. The average molecular weight is 310 g/mol. The minimum atomic E-state index is 0.351. The summed E-state index contributed by atoms with van der Waals surface area (Å²) >= 11 is 5.93. The second-order valence-corrected chi connectivity index (χ2v) is 5.42. The number of hydrogen-bond acceptors (Lipinski definition) is 4. The molecule has 0 aliphatic rings. The van der Waals surface area contributed by atoms with Crippen molar-refractivity contribution in [2.24, 2.45) is 5.92 Å². The maximum absolute atomic E-state index is 5.93. The molecule has 1 aromatic heterocycles. The molecule has 0 N–H and O–H groups in total. The van der Waals surface area contributed by atoms with E-state index in [0.717, 1.165) is 23.7 Å². The van der Waals surface area contributed by atoms with Gasteiger partial charge in [0.15, 0.2) is 5.82 Å². The predicted molar refractivity (Wildman–Crippen MR) is 81.7 cm³/mol. The van der Waals surface area contributed by atoms with Gasteiger partial charge in [-0.3, -0.25) is 0 Å². The highest BCUT2D eigenvalue weighted by Gasteiger charge is 2.10. The molecule has 0 atom stereocenters. The molecular weight excluding hydrogens is 290 g/mol. The lowest BCUT2D eigenvalue weighted by Gasteiger charge is -2.12. The van der Waals surface area contributed by atoms with Crippen LogP contribution in [0.4, 0.5) is 0 Å². The van der Waals surface area contributed by atoms with E-state index in [2.05, 4.69) is 23.9 Å². The van der Waals surface area contributed by atoms with Crippen LogP contribution in [0.15, 0.2) is 24.5 Å². The Labute approximate surface area is 129 Å². The van der Waals surface area contributed by atoms with E-state index >= 15 is 0 Å². The lowest BCUT2D eigenvalue weighted by Crippen LogP contribution is -2.12. The molecule has 0 aliphatic heterocycles. The van der Waals surface area contributed by atoms with Crippen molar-refractivity contribution in [1.82, 2.24) is 14.8 Å². The SMILES string of the molecule is COc1ccc(CCl)c(OCc2ncnn2CC(C)C)c1. The van der Waals surface area contributed by atoms with E-state index < -0.39 is 0 Å². The summed E-state index contributed by atoms with van der Waals surface area (Å²) in [6.45, 7) is 5.45. The van der Waals surface area contributed by atoms with Crippen LogP contribution < -0.4 is 9.47 Å². The number of ether oxygens (including phenoxy) is 2. The lowest BCUT2D eigenvalue weighted by molar-refractivity contribution is 0.279. The zero-order valence-corrected chi connectivity index (χ0v) is 13.3. The van der Waals surface area contributed by atoms with Crippen molar-refractivity contribution >= 4 is 11.6 Å². The van der Waals surface area contributed by atoms with Gasteiger partial charge in [-0.25, -0.2) is 9.67 Å². The van der Waals surface area contributed by atoms with Crippen molar-refractivity contribution in [3.63, 3.8) is 0 Å². The number of benzene rings is 1. The maximum Gasteiger partial charge on any atom is 0.164 e. The van der Waals surface area contributed by atoms with Gasteiger partial charge in [0.2, 0.25) is 0 Å². The summed E-state index contributed by atoms with van der Waals surface area (Å²) in [5.41, 5.74) is 0.924. The number of methoxy groups -OCH3 is 1. The highest BCUT2D eigenvalue weighted by Crippen LogP contribution is 2.26. The van der Waals surface area contributed by atoms with Gasteiger partial charge >= 0.3 is 0 Å². The largest absolute Gasteiger partial charge is 0.497 e. The molecule has 6 heteroatoms. The van der Waals surface area contributed by atoms with Gasteiger partial charge in [-0.15, -0.1) is 11.6 Å². The van der Waals surface area contributed by atoms with Crippen LogP contribution >= 0.6 is 11.6 Å². The van der Waals surface area contributed by atoms with Crippen LogP contribution in [0.3, 0.4) is 0 Å². The van der Waals surface area contributed by atoms with Gasteiger partial charge in [0.05, 0.1) is 13.0 Å². The summed E-state index contributed by atoms with van der Waals surface area (Å²) in [5.74, 6) is 3.14. The average Bonchev–Trinajstić information content (AvgIpc) is 2.91. The van der Waals surface area contributed by atoms with Gasteiger partial charge in [0.25, 0.3) is 0 Å². The second kappa shape index (κ2) is 7.31. The van der Waals surface area contributed by atoms with E-state index in [9.17, 15) is 0 Å². The number of halogens is 1. The third-order valence-corrected chi connectivity index (χ3v) is 3.30. The molecule has 0 unspecified atom stereocenters. The van der Waals surface area contributed by atoms with Crippen molar-refractivity contribution < 1.29 is 9.47 Å². The van der Waals surface area contributed by atoms with E-state index in [1.807, 2.05) is 22.9 Å². The zero-order valence-electron chi connectivity index (χ0n) is 12.5. The van der Waals surface area contributed by atoms with E-state index in [-0.39, 0.29) is 0 Å². The molecular formula is C15H20ClN3O2. The van der Waals surface area contributed by atoms with E-state index in [4.69, 9.17) is 21.1 Å². The monoisotopic (exact) mass is 309 g/mol. The number of aromatic nitrogens is 3. The first-order valence-electron chi connectivity index (χ1n) is 6.86. The third-order valence-electron chi connectivity index (χ3n) is 3.01. The fourth-order valence-corrected chi connectivity index (χ4v) is 2.17. The molecule has 5 nitrogen and oxygen atoms in total. The molecule has 1 heterocycles. The molecule has 114 valence electrons. The minimum absolute atomic E-state index is 0.351. The Morgan fingerprint density at radius 2 is 2.14 bits per heavy atom. The summed E-state index contributed by atoms with van der Waals surface area (Å²) in [4.78, 5) is 4.25. The summed E-state index contributed by atoms with van der Waals surface area (Å²) in [6, 6.07) is 5.60. The Morgan fingerprint density at radius 3 is 2.81 bits per heavy atom. The van der Waals surface area contributed by atoms with Gasteiger partial charge in [0, 0.05) is 18.2 Å². The first kappa shape index (κ1) is 15.6. The van der Waals surface area contributed by atoms with Crippen LogP contribution in [-0.2, 0) is 19.0 Å². The summed E-state index contributed by atoms with van der Waals surface area (Å²) < 4.78 is 12.9. The standard InChI is InChI=1S/C15H20ClN3O2/c1-11(2)8-19-15(17-10-18-19)9-21-14-6-13(20-3)5-4-12(14)7-16/h4-6,10-11H,7-9H2,1-3H3. The topological polar surface area (TPSA) is 49.2 Å². The van der Waals surface area contributed by atoms with Crippen LogP contribution in [0.5, 0.6) is 11.5 Å². The predicted octanol–water partition coefficient (Wildman–Crippen LogP) is 3.26. The quantitative estimate of drug-likeness (QED) is 0.737. The van der Waals surface area contributed by atoms with Crippen LogP contribution in [0.2, 0.25) is 0 Å². The van der Waals surface area contributed by atoms with E-state index in [1.165, 1.54) is 0 Å². The molecule has 0 spiro atoms. The van der Waals surface area contributed by atoms with Crippen molar-refractivity contribution in [3.05, 3.63) is 35.9 Å². The molecule has 0 saturated carbocycles. The normalized spacial score (nSPS) is 10.9. The zero-order chi connectivity index (χ0) is 15.2. The molecule has 0 saturated heterocycles. The Kier molecular flexibility index (Phi) is 5.44. The maximum atomic E-state index is 5.93. The third kappa shape index (κ3) is 4.11. The first-order chi connectivity index (χ1) is 10.1. The molecule has 0 aliphatic carbocycles. The molecule has 0 fully saturated rings. The number of hydrogen-bond donors (Lipinski definition) is 0. The summed E-state index contributed by atoms with van der Waals surface area (Å²) in [7, 11) is 1.62. The molecule has 2 rings (SSSR count). The second-order valence-electron chi connectivity index (χ2n) is 5.15. The van der Waals surface area contributed by atoms with Crippen LogP contribution in [-0.4, -0.2) is 21.9 Å². The van der Waals surface area contributed by atoms with Gasteiger partial charge in [-0.05, 0) is 12.0 Å². The number of rotatable bonds is 7. The van der Waals surface area contributed by atoms with Gasteiger partial charge < -0.3 is 9.47 Å². The van der Waals surface area contributed by atoms with Crippen molar-refractivity contribution in [1.29, 1.82) is 0 Å². The Hall–Kier alpha value is -1.75. The summed E-state index contributed by atoms with van der Waals surface area (Å²) in [5, 5.41) is 4.22. The van der Waals surface area contributed by atoms with Crippen LogP contribution in [0.1, 0.15) is 25.2 Å². The molecule has 21 heavy (non-hydrogen) atoms. The van der Waals surface area contributed by atoms with Crippen LogP contribution in [0.25, 0.3) is 0 Å². The fourth-order valence-electron chi connectivity index (χ4n) is 1.95. The highest BCUT2D eigenvalue weighted by molar-refractivity contribution is 6.17. The van der Waals surface area contributed by atoms with Gasteiger partial charge in [-0.2, -0.15) is 5.10 Å². The van der Waals surface area contributed by atoms with E-state index in [1.54, 1.807) is 13.4 Å². The number of nitrogens with zero attached hydrogens (tertiary/aromatic N) is 3. The Bertz CT molecular complexity index is 584. The van der Waals surface area contributed by atoms with Crippen molar-refractivity contribution in [3.8, 4) is 11.5 Å². The smallest absolute Gasteiger partial charge is 0.164 e. The van der Waals surface area contributed by atoms with E-state index in [0.29, 0.717) is 24.2 Å². The molecule has 0 radical (unpaired) electrons.